The van der Waals surface area contributed by atoms with E-state index in [-0.39, 0.29) is 24.2 Å². The van der Waals surface area contributed by atoms with Crippen LogP contribution in [0.25, 0.3) is 11.3 Å². The molecule has 1 aliphatic heterocycles. The highest BCUT2D eigenvalue weighted by molar-refractivity contribution is 5.95. The van der Waals surface area contributed by atoms with Gasteiger partial charge >= 0.3 is 6.09 Å². The van der Waals surface area contributed by atoms with Crippen molar-refractivity contribution in [1.29, 1.82) is 0 Å². The SMILES string of the molecule is CC(=O)NCC1CN(c2ccc3c(c2)CCCc2c(C(N)=O)n[nH]c2-3)C(=O)O1. The number of benzene rings is 1. The number of nitrogens with two attached hydrogens (primary N) is 1. The fourth-order valence-corrected chi connectivity index (χ4v) is 3.79. The molecule has 1 aliphatic carbocycles. The molecule has 2 heterocycles. The molecule has 9 nitrogen and oxygen atoms in total. The summed E-state index contributed by atoms with van der Waals surface area (Å²) in [6, 6.07) is 5.74. The normalized spacial score (nSPS) is 18.1. The van der Waals surface area contributed by atoms with E-state index in [0.717, 1.165) is 40.9 Å². The van der Waals surface area contributed by atoms with Crippen molar-refractivity contribution in [3.8, 4) is 11.3 Å². The van der Waals surface area contributed by atoms with Gasteiger partial charge in [0, 0.05) is 23.7 Å². The summed E-state index contributed by atoms with van der Waals surface area (Å²) in [6.07, 6.45) is 1.55. The van der Waals surface area contributed by atoms with E-state index in [1.807, 2.05) is 18.2 Å². The van der Waals surface area contributed by atoms with Gasteiger partial charge in [-0.25, -0.2) is 4.79 Å². The Balaban J connectivity index is 1.61. The molecular weight excluding hydrogens is 362 g/mol. The standard InChI is InChI=1S/C19H21N5O4/c1-10(25)21-8-13-9-24(19(27)28-13)12-5-6-14-11(7-12)3-2-4-15-16(14)22-23-17(15)18(20)26/h5-7,13H,2-4,8-9H2,1H3,(H2,20,26)(H,21,25)(H,22,23). The van der Waals surface area contributed by atoms with Gasteiger partial charge in [-0.2, -0.15) is 5.10 Å². The van der Waals surface area contributed by atoms with Crippen LogP contribution in [0.15, 0.2) is 18.2 Å². The molecule has 1 fully saturated rings. The Morgan fingerprint density at radius 1 is 1.39 bits per heavy atom. The van der Waals surface area contributed by atoms with Crippen molar-refractivity contribution in [2.24, 2.45) is 5.73 Å². The minimum atomic E-state index is -0.539. The first-order valence-corrected chi connectivity index (χ1v) is 9.17. The van der Waals surface area contributed by atoms with Crippen LogP contribution in [0, 0.1) is 0 Å². The molecule has 2 aromatic rings. The van der Waals surface area contributed by atoms with E-state index >= 15 is 0 Å². The van der Waals surface area contributed by atoms with Gasteiger partial charge in [0.1, 0.15) is 6.10 Å². The number of carbonyl (C=O) groups excluding carboxylic acids is 3. The van der Waals surface area contributed by atoms with Crippen LogP contribution in [-0.2, 0) is 22.4 Å². The Labute approximate surface area is 161 Å². The van der Waals surface area contributed by atoms with Crippen LogP contribution < -0.4 is 16.0 Å². The highest BCUT2D eigenvalue weighted by atomic mass is 16.6. The van der Waals surface area contributed by atoms with Gasteiger partial charge in [0.2, 0.25) is 5.91 Å². The van der Waals surface area contributed by atoms with Crippen molar-refractivity contribution in [2.45, 2.75) is 32.3 Å². The summed E-state index contributed by atoms with van der Waals surface area (Å²) in [4.78, 5) is 36.5. The Hall–Kier alpha value is -3.36. The molecule has 3 amide bonds. The third kappa shape index (κ3) is 3.19. The average molecular weight is 383 g/mol. The highest BCUT2D eigenvalue weighted by Gasteiger charge is 2.33. The van der Waals surface area contributed by atoms with Crippen molar-refractivity contribution < 1.29 is 19.1 Å². The summed E-state index contributed by atoms with van der Waals surface area (Å²) in [5.41, 5.74) is 10.1. The fourth-order valence-electron chi connectivity index (χ4n) is 3.79. The van der Waals surface area contributed by atoms with Crippen molar-refractivity contribution in [3.63, 3.8) is 0 Å². The van der Waals surface area contributed by atoms with Crippen LogP contribution in [0.2, 0.25) is 0 Å². The summed E-state index contributed by atoms with van der Waals surface area (Å²) in [7, 11) is 0. The fraction of sp³-hybridized carbons (Fsp3) is 0.368. The maximum absolute atomic E-state index is 12.3. The summed E-state index contributed by atoms with van der Waals surface area (Å²) in [6.45, 7) is 2.09. The lowest BCUT2D eigenvalue weighted by molar-refractivity contribution is -0.119. The molecule has 0 radical (unpaired) electrons. The lowest BCUT2D eigenvalue weighted by Gasteiger charge is -2.16. The Morgan fingerprint density at radius 3 is 2.96 bits per heavy atom. The molecule has 1 aromatic carbocycles. The Bertz CT molecular complexity index is 967. The van der Waals surface area contributed by atoms with E-state index in [2.05, 4.69) is 15.5 Å². The van der Waals surface area contributed by atoms with E-state index in [0.29, 0.717) is 13.0 Å². The number of amides is 3. The molecule has 9 heteroatoms. The molecule has 1 unspecified atom stereocenters. The molecule has 0 saturated carbocycles. The molecule has 0 bridgehead atoms. The van der Waals surface area contributed by atoms with Gasteiger partial charge in [0.15, 0.2) is 5.69 Å². The van der Waals surface area contributed by atoms with E-state index in [9.17, 15) is 14.4 Å². The topological polar surface area (TPSA) is 130 Å². The van der Waals surface area contributed by atoms with Gasteiger partial charge < -0.3 is 15.8 Å². The van der Waals surface area contributed by atoms with Gasteiger partial charge in [-0.15, -0.1) is 0 Å². The molecule has 146 valence electrons. The lowest BCUT2D eigenvalue weighted by Crippen LogP contribution is -2.33. The predicted molar refractivity (Wildman–Crippen MR) is 101 cm³/mol. The zero-order valence-electron chi connectivity index (χ0n) is 15.4. The molecule has 1 saturated heterocycles. The van der Waals surface area contributed by atoms with Crippen molar-refractivity contribution in [1.82, 2.24) is 15.5 Å². The summed E-state index contributed by atoms with van der Waals surface area (Å²) in [5.74, 6) is -0.701. The number of rotatable bonds is 4. The average Bonchev–Trinajstić information content (AvgIpc) is 3.19. The molecule has 0 spiro atoms. The number of aromatic amines is 1. The summed E-state index contributed by atoms with van der Waals surface area (Å²) >= 11 is 0. The number of aromatic nitrogens is 2. The minimum Gasteiger partial charge on any atom is -0.442 e. The van der Waals surface area contributed by atoms with Crippen LogP contribution in [0.1, 0.15) is 35.0 Å². The minimum absolute atomic E-state index is 0.162. The predicted octanol–water partition coefficient (Wildman–Crippen LogP) is 1.13. The molecule has 1 atom stereocenters. The summed E-state index contributed by atoms with van der Waals surface area (Å²) in [5, 5.41) is 9.68. The summed E-state index contributed by atoms with van der Waals surface area (Å²) < 4.78 is 5.34. The van der Waals surface area contributed by atoms with E-state index in [4.69, 9.17) is 10.5 Å². The molecule has 1 aromatic heterocycles. The number of anilines is 1. The number of nitrogens with zero attached hydrogens (tertiary/aromatic N) is 2. The van der Waals surface area contributed by atoms with E-state index in [1.165, 1.54) is 6.92 Å². The van der Waals surface area contributed by atoms with Crippen molar-refractivity contribution in [3.05, 3.63) is 35.0 Å². The van der Waals surface area contributed by atoms with E-state index < -0.39 is 12.0 Å². The third-order valence-corrected chi connectivity index (χ3v) is 5.10. The zero-order valence-corrected chi connectivity index (χ0v) is 15.4. The quantitative estimate of drug-likeness (QED) is 0.728. The molecular formula is C19H21N5O4. The van der Waals surface area contributed by atoms with Crippen molar-refractivity contribution in [2.75, 3.05) is 18.0 Å². The van der Waals surface area contributed by atoms with Gasteiger partial charge in [0.05, 0.1) is 18.8 Å². The number of hydrogen-bond acceptors (Lipinski definition) is 5. The number of fused-ring (bicyclic) bond motifs is 3. The molecule has 4 rings (SSSR count). The number of cyclic esters (lactones) is 1. The Morgan fingerprint density at radius 2 is 2.21 bits per heavy atom. The first-order chi connectivity index (χ1) is 13.4. The molecule has 4 N–H and O–H groups in total. The van der Waals surface area contributed by atoms with Gasteiger partial charge in [-0.05, 0) is 37.0 Å². The number of ether oxygens (including phenoxy) is 1. The van der Waals surface area contributed by atoms with Crippen LogP contribution in [0.3, 0.4) is 0 Å². The third-order valence-electron chi connectivity index (χ3n) is 5.10. The van der Waals surface area contributed by atoms with Crippen LogP contribution in [0.5, 0.6) is 0 Å². The first-order valence-electron chi connectivity index (χ1n) is 9.17. The number of carbonyl (C=O) groups is 3. The smallest absolute Gasteiger partial charge is 0.414 e. The Kier molecular flexibility index (Phi) is 4.50. The second-order valence-corrected chi connectivity index (χ2v) is 7.04. The monoisotopic (exact) mass is 383 g/mol. The number of nitrogens with one attached hydrogen (secondary N) is 2. The van der Waals surface area contributed by atoms with Gasteiger partial charge in [-0.3, -0.25) is 19.6 Å². The maximum atomic E-state index is 12.3. The van der Waals surface area contributed by atoms with Gasteiger partial charge in [-0.1, -0.05) is 6.07 Å². The van der Waals surface area contributed by atoms with Crippen LogP contribution in [0.4, 0.5) is 10.5 Å². The lowest BCUT2D eigenvalue weighted by atomic mass is 10.0. The van der Waals surface area contributed by atoms with E-state index in [1.54, 1.807) is 4.90 Å². The second-order valence-electron chi connectivity index (χ2n) is 7.04. The number of aryl methyl sites for hydroxylation is 1. The van der Waals surface area contributed by atoms with Gasteiger partial charge in [0.25, 0.3) is 5.91 Å². The number of H-pyrrole nitrogens is 1. The maximum Gasteiger partial charge on any atom is 0.414 e. The van der Waals surface area contributed by atoms with Crippen LogP contribution >= 0.6 is 0 Å². The second kappa shape index (κ2) is 6.99. The highest BCUT2D eigenvalue weighted by Crippen LogP contribution is 2.35. The largest absolute Gasteiger partial charge is 0.442 e. The number of hydrogen-bond donors (Lipinski definition) is 3. The first kappa shape index (κ1) is 18.0. The zero-order chi connectivity index (χ0) is 19.8. The molecule has 2 aliphatic rings. The van der Waals surface area contributed by atoms with Crippen LogP contribution in [-0.4, -0.2) is 47.3 Å². The molecule has 28 heavy (non-hydrogen) atoms. The number of primary amides is 1. The van der Waals surface area contributed by atoms with Crippen molar-refractivity contribution >= 4 is 23.6 Å².